The summed E-state index contributed by atoms with van der Waals surface area (Å²) in [4.78, 5) is 1.76. The molecule has 1 heterocycles. The van der Waals surface area contributed by atoms with Gasteiger partial charge in [-0.05, 0) is 11.9 Å². The molecule has 0 saturated carbocycles. The zero-order valence-electron chi connectivity index (χ0n) is 7.12. The van der Waals surface area contributed by atoms with Crippen LogP contribution >= 0.6 is 0 Å². The molecule has 0 aromatic rings. The summed E-state index contributed by atoms with van der Waals surface area (Å²) in [6.07, 6.45) is 0. The highest BCUT2D eigenvalue weighted by Crippen LogP contribution is 2.12. The van der Waals surface area contributed by atoms with Crippen molar-refractivity contribution in [2.24, 2.45) is 0 Å². The van der Waals surface area contributed by atoms with E-state index in [9.17, 15) is 10.2 Å². The van der Waals surface area contributed by atoms with Crippen LogP contribution in [0.3, 0.4) is 0 Å². The SMILES string of the molecule is [B]C1([B])CN(CC)CC(O)(O)N1. The molecular formula is C6H12B2N2O2. The molecule has 4 nitrogen and oxygen atoms in total. The summed E-state index contributed by atoms with van der Waals surface area (Å²) in [7, 11) is 11.0. The first-order valence-corrected chi connectivity index (χ1v) is 3.89. The predicted octanol–water partition coefficient (Wildman–Crippen LogP) is -2.46. The minimum absolute atomic E-state index is 0.111. The molecule has 64 valence electrons. The Morgan fingerprint density at radius 1 is 1.42 bits per heavy atom. The fourth-order valence-corrected chi connectivity index (χ4v) is 1.41. The molecule has 0 bridgehead atoms. The first kappa shape index (κ1) is 10.1. The van der Waals surface area contributed by atoms with Crippen LogP contribution in [0.2, 0.25) is 0 Å². The molecule has 0 amide bonds. The molecule has 0 unspecified atom stereocenters. The first-order valence-electron chi connectivity index (χ1n) is 3.89. The molecule has 0 atom stereocenters. The zero-order chi connectivity index (χ0) is 9.41. The lowest BCUT2D eigenvalue weighted by Gasteiger charge is -2.46. The summed E-state index contributed by atoms with van der Waals surface area (Å²) < 4.78 is 0. The second-order valence-electron chi connectivity index (χ2n) is 3.29. The molecule has 1 rings (SSSR count). The largest absolute Gasteiger partial charge is 0.352 e. The van der Waals surface area contributed by atoms with Crippen molar-refractivity contribution in [2.45, 2.75) is 18.2 Å². The maximum absolute atomic E-state index is 9.25. The van der Waals surface area contributed by atoms with Crippen LogP contribution in [-0.2, 0) is 0 Å². The molecule has 1 fully saturated rings. The van der Waals surface area contributed by atoms with Gasteiger partial charge >= 0.3 is 0 Å². The number of nitrogens with one attached hydrogen (secondary N) is 1. The van der Waals surface area contributed by atoms with Crippen molar-refractivity contribution >= 4 is 15.7 Å². The molecule has 1 aliphatic heterocycles. The van der Waals surface area contributed by atoms with E-state index in [0.29, 0.717) is 13.1 Å². The number of rotatable bonds is 1. The number of β-amino-alcohol motifs (C(OH)–C–C–N with tert-alkyl or cyclic N) is 2. The molecule has 0 spiro atoms. The molecule has 4 radical (unpaired) electrons. The maximum Gasteiger partial charge on any atom is 0.234 e. The normalized spacial score (nSPS) is 28.6. The highest BCUT2D eigenvalue weighted by atomic mass is 16.5. The summed E-state index contributed by atoms with van der Waals surface area (Å²) in [5, 5.41) is 19.6. The Bertz CT molecular complexity index is 159. The van der Waals surface area contributed by atoms with E-state index in [1.807, 2.05) is 6.92 Å². The van der Waals surface area contributed by atoms with Gasteiger partial charge in [-0.2, -0.15) is 0 Å². The Labute approximate surface area is 74.8 Å². The number of hydrogen-bond donors (Lipinski definition) is 3. The van der Waals surface area contributed by atoms with E-state index in [2.05, 4.69) is 5.32 Å². The van der Waals surface area contributed by atoms with Gasteiger partial charge in [0, 0.05) is 6.54 Å². The van der Waals surface area contributed by atoms with Crippen molar-refractivity contribution in [2.75, 3.05) is 19.6 Å². The Kier molecular flexibility index (Phi) is 2.54. The van der Waals surface area contributed by atoms with E-state index >= 15 is 0 Å². The van der Waals surface area contributed by atoms with E-state index in [4.69, 9.17) is 15.7 Å². The summed E-state index contributed by atoms with van der Waals surface area (Å²) >= 11 is 0. The van der Waals surface area contributed by atoms with Crippen molar-refractivity contribution in [1.29, 1.82) is 0 Å². The number of aliphatic hydroxyl groups is 2. The van der Waals surface area contributed by atoms with Crippen LogP contribution in [-0.4, -0.2) is 61.7 Å². The third kappa shape index (κ3) is 2.48. The molecule has 6 heteroatoms. The highest BCUT2D eigenvalue weighted by molar-refractivity contribution is 6.40. The van der Waals surface area contributed by atoms with Gasteiger partial charge in [0.25, 0.3) is 0 Å². The second-order valence-corrected chi connectivity index (χ2v) is 3.29. The molecular weight excluding hydrogens is 154 g/mol. The van der Waals surface area contributed by atoms with Crippen molar-refractivity contribution in [1.82, 2.24) is 10.2 Å². The zero-order valence-corrected chi connectivity index (χ0v) is 7.12. The fraction of sp³-hybridized carbons (Fsp3) is 1.00. The van der Waals surface area contributed by atoms with E-state index in [1.54, 1.807) is 4.90 Å². The average Bonchev–Trinajstić information content (AvgIpc) is 1.80. The van der Waals surface area contributed by atoms with E-state index in [0.717, 1.165) is 0 Å². The van der Waals surface area contributed by atoms with Gasteiger partial charge in [-0.25, -0.2) is 0 Å². The van der Waals surface area contributed by atoms with Crippen molar-refractivity contribution < 1.29 is 10.2 Å². The minimum Gasteiger partial charge on any atom is -0.352 e. The molecule has 12 heavy (non-hydrogen) atoms. The summed E-state index contributed by atoms with van der Waals surface area (Å²) in [6, 6.07) is 0. The lowest BCUT2D eigenvalue weighted by atomic mass is 9.60. The molecule has 0 aromatic heterocycles. The van der Waals surface area contributed by atoms with Crippen LogP contribution in [0.5, 0.6) is 0 Å². The van der Waals surface area contributed by atoms with Gasteiger partial charge < -0.3 is 10.2 Å². The topological polar surface area (TPSA) is 55.7 Å². The lowest BCUT2D eigenvalue weighted by molar-refractivity contribution is -0.217. The minimum atomic E-state index is -1.99. The average molecular weight is 166 g/mol. The van der Waals surface area contributed by atoms with E-state index in [1.165, 1.54) is 0 Å². The number of nitrogens with zero attached hydrogens (tertiary/aromatic N) is 1. The summed E-state index contributed by atoms with van der Waals surface area (Å²) in [5.74, 6) is -1.99. The molecule has 1 aliphatic rings. The van der Waals surface area contributed by atoms with Crippen molar-refractivity contribution in [3.63, 3.8) is 0 Å². The van der Waals surface area contributed by atoms with Crippen LogP contribution in [0.4, 0.5) is 0 Å². The summed E-state index contributed by atoms with van der Waals surface area (Å²) in [6.45, 7) is 3.09. The first-order chi connectivity index (χ1) is 5.35. The standard InChI is InChI=1S/C6H12B2N2O2/c1-2-10-3-5(7,8)9-6(11,12)4-10/h9,11-12H,2-4H2,1H3. The highest BCUT2D eigenvalue weighted by Gasteiger charge is 2.38. The number of piperazine rings is 1. The van der Waals surface area contributed by atoms with Crippen LogP contribution in [0.25, 0.3) is 0 Å². The monoisotopic (exact) mass is 166 g/mol. The maximum atomic E-state index is 9.25. The number of likely N-dealkylation sites (N-methyl/N-ethyl adjacent to an activating group) is 1. The van der Waals surface area contributed by atoms with Crippen LogP contribution < -0.4 is 5.32 Å². The molecule has 0 aliphatic carbocycles. The van der Waals surface area contributed by atoms with Gasteiger partial charge in [0.1, 0.15) is 0 Å². The Balaban J connectivity index is 2.66. The Hall–Kier alpha value is -0.0301. The van der Waals surface area contributed by atoms with Crippen molar-refractivity contribution in [3.05, 3.63) is 0 Å². The lowest BCUT2D eigenvalue weighted by Crippen LogP contribution is -2.72. The van der Waals surface area contributed by atoms with Gasteiger partial charge in [-0.15, -0.1) is 0 Å². The molecule has 0 aromatic carbocycles. The Morgan fingerprint density at radius 3 is 2.42 bits per heavy atom. The predicted molar refractivity (Wildman–Crippen MR) is 46.7 cm³/mol. The van der Waals surface area contributed by atoms with Gasteiger partial charge in [-0.1, -0.05) is 6.92 Å². The summed E-state index contributed by atoms with van der Waals surface area (Å²) in [5.41, 5.74) is 0. The van der Waals surface area contributed by atoms with Crippen molar-refractivity contribution in [3.8, 4) is 0 Å². The molecule has 1 saturated heterocycles. The number of hydrogen-bond acceptors (Lipinski definition) is 4. The van der Waals surface area contributed by atoms with Crippen LogP contribution in [0, 0.1) is 0 Å². The van der Waals surface area contributed by atoms with Gasteiger partial charge in [0.15, 0.2) is 0 Å². The van der Waals surface area contributed by atoms with Crippen LogP contribution in [0.15, 0.2) is 0 Å². The third-order valence-corrected chi connectivity index (χ3v) is 1.81. The van der Waals surface area contributed by atoms with Gasteiger partial charge in [-0.3, -0.25) is 10.2 Å². The smallest absolute Gasteiger partial charge is 0.234 e. The van der Waals surface area contributed by atoms with E-state index in [-0.39, 0.29) is 6.54 Å². The fourth-order valence-electron chi connectivity index (χ4n) is 1.41. The third-order valence-electron chi connectivity index (χ3n) is 1.81. The van der Waals surface area contributed by atoms with E-state index < -0.39 is 11.2 Å². The second kappa shape index (κ2) is 3.03. The van der Waals surface area contributed by atoms with Gasteiger partial charge in [0.05, 0.1) is 22.2 Å². The Morgan fingerprint density at radius 2 is 2.00 bits per heavy atom. The quantitative estimate of drug-likeness (QED) is 0.298. The van der Waals surface area contributed by atoms with Crippen LogP contribution in [0.1, 0.15) is 6.92 Å². The van der Waals surface area contributed by atoms with Gasteiger partial charge in [0.2, 0.25) is 5.91 Å². The molecule has 3 N–H and O–H groups in total.